The molecular weight excluding hydrogens is 180 g/mol. The maximum Gasteiger partial charge on any atom is 0.196 e. The van der Waals surface area contributed by atoms with Gasteiger partial charge in [0.25, 0.3) is 0 Å². The Kier molecular flexibility index (Phi) is 3.16. The maximum atomic E-state index is 5.50. The van der Waals surface area contributed by atoms with Crippen LogP contribution in [0.4, 0.5) is 0 Å². The monoisotopic (exact) mass is 196 g/mol. The fraction of sp³-hybridized carbons (Fsp3) is 0.700. The lowest BCUT2D eigenvalue weighted by Gasteiger charge is -2.04. The van der Waals surface area contributed by atoms with Crippen molar-refractivity contribution in [1.82, 2.24) is 4.98 Å². The van der Waals surface area contributed by atoms with E-state index in [9.17, 15) is 0 Å². The molecule has 4 nitrogen and oxygen atoms in total. The van der Waals surface area contributed by atoms with Crippen molar-refractivity contribution in [3.63, 3.8) is 0 Å². The zero-order valence-electron chi connectivity index (χ0n) is 8.24. The second kappa shape index (κ2) is 4.57. The fourth-order valence-corrected chi connectivity index (χ4v) is 1.71. The zero-order valence-corrected chi connectivity index (χ0v) is 8.24. The first kappa shape index (κ1) is 9.68. The summed E-state index contributed by atoms with van der Waals surface area (Å²) in [5.41, 5.74) is 6.37. The van der Waals surface area contributed by atoms with Gasteiger partial charge in [0.05, 0.1) is 18.2 Å². The van der Waals surface area contributed by atoms with Crippen LogP contribution >= 0.6 is 0 Å². The van der Waals surface area contributed by atoms with Crippen molar-refractivity contribution >= 4 is 0 Å². The molecule has 2 rings (SSSR count). The Morgan fingerprint density at radius 1 is 1.57 bits per heavy atom. The van der Waals surface area contributed by atoms with Gasteiger partial charge in [-0.3, -0.25) is 0 Å². The number of oxazole rings is 1. The van der Waals surface area contributed by atoms with Gasteiger partial charge in [0, 0.05) is 13.0 Å². The SMILES string of the molecule is NCCc1coc(CC2CCCO2)n1. The van der Waals surface area contributed by atoms with Crippen LogP contribution < -0.4 is 5.73 Å². The number of rotatable bonds is 4. The predicted molar refractivity (Wildman–Crippen MR) is 51.9 cm³/mol. The average Bonchev–Trinajstić information content (AvgIpc) is 2.79. The molecule has 0 saturated carbocycles. The molecule has 0 amide bonds. The van der Waals surface area contributed by atoms with Crippen molar-refractivity contribution in [3.8, 4) is 0 Å². The zero-order chi connectivity index (χ0) is 9.80. The highest BCUT2D eigenvalue weighted by molar-refractivity contribution is 4.98. The molecule has 0 aromatic carbocycles. The minimum Gasteiger partial charge on any atom is -0.449 e. The smallest absolute Gasteiger partial charge is 0.196 e. The third kappa shape index (κ3) is 2.33. The quantitative estimate of drug-likeness (QED) is 0.777. The molecule has 1 aromatic rings. The van der Waals surface area contributed by atoms with Crippen molar-refractivity contribution in [1.29, 1.82) is 0 Å². The van der Waals surface area contributed by atoms with E-state index in [-0.39, 0.29) is 0 Å². The third-order valence-electron chi connectivity index (χ3n) is 2.43. The molecule has 1 unspecified atom stereocenters. The molecule has 0 aliphatic carbocycles. The molecule has 0 spiro atoms. The van der Waals surface area contributed by atoms with Gasteiger partial charge in [-0.25, -0.2) is 4.98 Å². The summed E-state index contributed by atoms with van der Waals surface area (Å²) < 4.78 is 10.8. The van der Waals surface area contributed by atoms with Gasteiger partial charge in [-0.1, -0.05) is 0 Å². The summed E-state index contributed by atoms with van der Waals surface area (Å²) in [6.45, 7) is 1.49. The first-order valence-corrected chi connectivity index (χ1v) is 5.13. The van der Waals surface area contributed by atoms with Crippen molar-refractivity contribution in [3.05, 3.63) is 17.8 Å². The topological polar surface area (TPSA) is 61.3 Å². The van der Waals surface area contributed by atoms with Crippen LogP contribution in [-0.2, 0) is 17.6 Å². The summed E-state index contributed by atoms with van der Waals surface area (Å²) >= 11 is 0. The molecule has 1 saturated heterocycles. The van der Waals surface area contributed by atoms with Gasteiger partial charge >= 0.3 is 0 Å². The molecular formula is C10H16N2O2. The van der Waals surface area contributed by atoms with Crippen molar-refractivity contribution in [2.45, 2.75) is 31.8 Å². The summed E-state index contributed by atoms with van der Waals surface area (Å²) in [5, 5.41) is 0. The number of nitrogens with zero attached hydrogens (tertiary/aromatic N) is 1. The van der Waals surface area contributed by atoms with Crippen LogP contribution in [-0.4, -0.2) is 24.2 Å². The third-order valence-corrected chi connectivity index (χ3v) is 2.43. The van der Waals surface area contributed by atoms with Crippen LogP contribution in [0.15, 0.2) is 10.7 Å². The Morgan fingerprint density at radius 2 is 2.50 bits per heavy atom. The van der Waals surface area contributed by atoms with Gasteiger partial charge in [-0.15, -0.1) is 0 Å². The molecule has 0 bridgehead atoms. The van der Waals surface area contributed by atoms with Crippen LogP contribution in [0, 0.1) is 0 Å². The predicted octanol–water partition coefficient (Wildman–Crippen LogP) is 0.897. The van der Waals surface area contributed by atoms with Gasteiger partial charge in [-0.05, 0) is 19.4 Å². The van der Waals surface area contributed by atoms with Gasteiger partial charge < -0.3 is 14.9 Å². The highest BCUT2D eigenvalue weighted by Gasteiger charge is 2.18. The lowest BCUT2D eigenvalue weighted by atomic mass is 10.2. The van der Waals surface area contributed by atoms with Crippen molar-refractivity contribution < 1.29 is 9.15 Å². The molecule has 1 fully saturated rings. The van der Waals surface area contributed by atoms with E-state index in [2.05, 4.69) is 4.98 Å². The van der Waals surface area contributed by atoms with Crippen molar-refractivity contribution in [2.75, 3.05) is 13.2 Å². The minimum atomic E-state index is 0.305. The van der Waals surface area contributed by atoms with Gasteiger partial charge in [0.2, 0.25) is 0 Å². The average molecular weight is 196 g/mol. The van der Waals surface area contributed by atoms with E-state index in [1.807, 2.05) is 0 Å². The fourth-order valence-electron chi connectivity index (χ4n) is 1.71. The van der Waals surface area contributed by atoms with E-state index in [1.165, 1.54) is 0 Å². The van der Waals surface area contributed by atoms with E-state index in [0.717, 1.165) is 43.9 Å². The van der Waals surface area contributed by atoms with Crippen LogP contribution in [0.1, 0.15) is 24.4 Å². The summed E-state index contributed by atoms with van der Waals surface area (Å²) in [6.07, 6.45) is 5.85. The number of hydrogen-bond acceptors (Lipinski definition) is 4. The van der Waals surface area contributed by atoms with E-state index in [4.69, 9.17) is 14.9 Å². The summed E-state index contributed by atoms with van der Waals surface area (Å²) in [7, 11) is 0. The number of aromatic nitrogens is 1. The molecule has 4 heteroatoms. The van der Waals surface area contributed by atoms with Crippen LogP contribution in [0.2, 0.25) is 0 Å². The maximum absolute atomic E-state index is 5.50. The standard InChI is InChI=1S/C10H16N2O2/c11-4-3-8-7-14-10(12-8)6-9-2-1-5-13-9/h7,9H,1-6,11H2. The lowest BCUT2D eigenvalue weighted by Crippen LogP contribution is -2.09. The summed E-state index contributed by atoms with van der Waals surface area (Å²) in [6, 6.07) is 0. The van der Waals surface area contributed by atoms with Crippen LogP contribution in [0.5, 0.6) is 0 Å². The molecule has 78 valence electrons. The largest absolute Gasteiger partial charge is 0.449 e. The van der Waals surface area contributed by atoms with E-state index >= 15 is 0 Å². The number of nitrogens with two attached hydrogens (primary N) is 1. The molecule has 2 N–H and O–H groups in total. The Bertz CT molecular complexity index is 279. The molecule has 0 radical (unpaired) electrons. The number of ether oxygens (including phenoxy) is 1. The second-order valence-electron chi connectivity index (χ2n) is 3.61. The minimum absolute atomic E-state index is 0.305. The highest BCUT2D eigenvalue weighted by atomic mass is 16.5. The molecule has 1 aliphatic rings. The van der Waals surface area contributed by atoms with E-state index < -0.39 is 0 Å². The molecule has 1 aliphatic heterocycles. The van der Waals surface area contributed by atoms with Crippen LogP contribution in [0.3, 0.4) is 0 Å². The van der Waals surface area contributed by atoms with E-state index in [0.29, 0.717) is 12.6 Å². The Morgan fingerprint density at radius 3 is 3.21 bits per heavy atom. The van der Waals surface area contributed by atoms with Gasteiger partial charge in [0.15, 0.2) is 5.89 Å². The summed E-state index contributed by atoms with van der Waals surface area (Å²) in [4.78, 5) is 4.34. The Labute approximate surface area is 83.4 Å². The Balaban J connectivity index is 1.88. The van der Waals surface area contributed by atoms with E-state index in [1.54, 1.807) is 6.26 Å². The number of hydrogen-bond donors (Lipinski definition) is 1. The van der Waals surface area contributed by atoms with Crippen LogP contribution in [0.25, 0.3) is 0 Å². The molecule has 1 aromatic heterocycles. The van der Waals surface area contributed by atoms with Gasteiger partial charge in [0.1, 0.15) is 6.26 Å². The molecule has 14 heavy (non-hydrogen) atoms. The second-order valence-corrected chi connectivity index (χ2v) is 3.61. The molecule has 2 heterocycles. The lowest BCUT2D eigenvalue weighted by molar-refractivity contribution is 0.106. The first-order chi connectivity index (χ1) is 6.88. The Hall–Kier alpha value is -0.870. The first-order valence-electron chi connectivity index (χ1n) is 5.13. The normalized spacial score (nSPS) is 21.6. The van der Waals surface area contributed by atoms with Crippen molar-refractivity contribution in [2.24, 2.45) is 5.73 Å². The van der Waals surface area contributed by atoms with Gasteiger partial charge in [-0.2, -0.15) is 0 Å². The highest BCUT2D eigenvalue weighted by Crippen LogP contribution is 2.16. The molecule has 1 atom stereocenters. The summed E-state index contributed by atoms with van der Waals surface area (Å²) in [5.74, 6) is 0.778.